The van der Waals surface area contributed by atoms with Crippen molar-refractivity contribution in [3.63, 3.8) is 0 Å². The molecule has 2 aromatic rings. The standard InChI is InChI=1S/C12H9F2NS/c13-12(14)16-10-6-4-9(5-7-10)11-3-1-2-8-15-11/h1-8,12H. The van der Waals surface area contributed by atoms with Crippen LogP contribution in [0.25, 0.3) is 11.3 Å². The summed E-state index contributed by atoms with van der Waals surface area (Å²) in [7, 11) is 0. The van der Waals surface area contributed by atoms with E-state index in [1.165, 1.54) is 0 Å². The van der Waals surface area contributed by atoms with Gasteiger partial charge in [-0.05, 0) is 24.3 Å². The predicted octanol–water partition coefficient (Wildman–Crippen LogP) is 4.06. The third-order valence-corrected chi connectivity index (χ3v) is 2.76. The second kappa shape index (κ2) is 5.07. The first-order chi connectivity index (χ1) is 7.75. The monoisotopic (exact) mass is 237 g/mol. The first-order valence-corrected chi connectivity index (χ1v) is 5.60. The average Bonchev–Trinajstić information content (AvgIpc) is 2.30. The van der Waals surface area contributed by atoms with Gasteiger partial charge in [0.05, 0.1) is 5.69 Å². The van der Waals surface area contributed by atoms with E-state index < -0.39 is 5.76 Å². The molecule has 0 bridgehead atoms. The van der Waals surface area contributed by atoms with E-state index in [1.54, 1.807) is 30.5 Å². The second-order valence-electron chi connectivity index (χ2n) is 3.12. The largest absolute Gasteiger partial charge is 0.288 e. The molecule has 1 aromatic carbocycles. The van der Waals surface area contributed by atoms with E-state index in [4.69, 9.17) is 0 Å². The van der Waals surface area contributed by atoms with Crippen LogP contribution in [0.4, 0.5) is 8.78 Å². The fourth-order valence-corrected chi connectivity index (χ4v) is 1.84. The Hall–Kier alpha value is -1.42. The highest BCUT2D eigenvalue weighted by atomic mass is 32.2. The SMILES string of the molecule is FC(F)Sc1ccc(-c2ccccn2)cc1. The van der Waals surface area contributed by atoms with Gasteiger partial charge in [0.25, 0.3) is 5.76 Å². The van der Waals surface area contributed by atoms with Crippen molar-refractivity contribution in [1.29, 1.82) is 0 Å². The number of pyridine rings is 1. The number of alkyl halides is 2. The summed E-state index contributed by atoms with van der Waals surface area (Å²) in [6.07, 6.45) is 1.71. The van der Waals surface area contributed by atoms with Gasteiger partial charge in [-0.2, -0.15) is 8.78 Å². The van der Waals surface area contributed by atoms with Gasteiger partial charge in [0.2, 0.25) is 0 Å². The summed E-state index contributed by atoms with van der Waals surface area (Å²) in [6, 6.07) is 12.6. The quantitative estimate of drug-likeness (QED) is 0.746. The van der Waals surface area contributed by atoms with Gasteiger partial charge in [-0.3, -0.25) is 4.98 Å². The summed E-state index contributed by atoms with van der Waals surface area (Å²) in [5.41, 5.74) is 1.77. The maximum atomic E-state index is 12.1. The maximum Gasteiger partial charge on any atom is 0.288 e. The van der Waals surface area contributed by atoms with Crippen LogP contribution < -0.4 is 0 Å². The van der Waals surface area contributed by atoms with Gasteiger partial charge in [-0.15, -0.1) is 0 Å². The molecule has 1 nitrogen and oxygen atoms in total. The van der Waals surface area contributed by atoms with Gasteiger partial charge in [0, 0.05) is 16.7 Å². The van der Waals surface area contributed by atoms with Crippen LogP contribution in [0.2, 0.25) is 0 Å². The number of benzene rings is 1. The number of rotatable bonds is 3. The number of nitrogens with zero attached hydrogens (tertiary/aromatic N) is 1. The lowest BCUT2D eigenvalue weighted by Gasteiger charge is -2.02. The molecule has 0 atom stereocenters. The lowest BCUT2D eigenvalue weighted by molar-refractivity contribution is 0.252. The molecule has 0 fully saturated rings. The summed E-state index contributed by atoms with van der Waals surface area (Å²) in [5.74, 6) is -2.37. The van der Waals surface area contributed by atoms with E-state index in [1.807, 2.05) is 18.2 Å². The molecule has 0 saturated heterocycles. The summed E-state index contributed by atoms with van der Waals surface area (Å²) in [4.78, 5) is 4.75. The molecule has 0 aliphatic carbocycles. The molecular formula is C12H9F2NS. The minimum atomic E-state index is -2.37. The molecule has 0 amide bonds. The predicted molar refractivity (Wildman–Crippen MR) is 61.5 cm³/mol. The number of thioether (sulfide) groups is 1. The minimum Gasteiger partial charge on any atom is -0.256 e. The van der Waals surface area contributed by atoms with Crippen molar-refractivity contribution in [2.24, 2.45) is 0 Å². The smallest absolute Gasteiger partial charge is 0.256 e. The molecule has 1 heterocycles. The van der Waals surface area contributed by atoms with Crippen LogP contribution in [0.15, 0.2) is 53.6 Å². The number of halogens is 2. The lowest BCUT2D eigenvalue weighted by Crippen LogP contribution is -1.84. The number of hydrogen-bond donors (Lipinski definition) is 0. The highest BCUT2D eigenvalue weighted by molar-refractivity contribution is 7.99. The van der Waals surface area contributed by atoms with Gasteiger partial charge < -0.3 is 0 Å². The van der Waals surface area contributed by atoms with Crippen LogP contribution in [0.3, 0.4) is 0 Å². The van der Waals surface area contributed by atoms with Crippen molar-refractivity contribution in [2.45, 2.75) is 10.7 Å². The normalized spacial score (nSPS) is 10.7. The lowest BCUT2D eigenvalue weighted by atomic mass is 10.1. The molecule has 0 radical (unpaired) electrons. The zero-order chi connectivity index (χ0) is 11.4. The van der Waals surface area contributed by atoms with E-state index in [-0.39, 0.29) is 0 Å². The van der Waals surface area contributed by atoms with Gasteiger partial charge in [-0.1, -0.05) is 30.0 Å². The molecule has 82 valence electrons. The highest BCUT2D eigenvalue weighted by Gasteiger charge is 2.05. The molecule has 0 spiro atoms. The van der Waals surface area contributed by atoms with Crippen LogP contribution >= 0.6 is 11.8 Å². The first kappa shape index (κ1) is 11.1. The fraction of sp³-hybridized carbons (Fsp3) is 0.0833. The van der Waals surface area contributed by atoms with Crippen molar-refractivity contribution >= 4 is 11.8 Å². The van der Waals surface area contributed by atoms with Crippen molar-refractivity contribution in [1.82, 2.24) is 4.98 Å². The van der Waals surface area contributed by atoms with Crippen molar-refractivity contribution in [3.05, 3.63) is 48.7 Å². The molecular weight excluding hydrogens is 228 g/mol. The van der Waals surface area contributed by atoms with Gasteiger partial charge in [0.1, 0.15) is 0 Å². The van der Waals surface area contributed by atoms with E-state index in [0.29, 0.717) is 16.7 Å². The zero-order valence-electron chi connectivity index (χ0n) is 8.31. The van der Waals surface area contributed by atoms with Crippen molar-refractivity contribution in [2.75, 3.05) is 0 Å². The summed E-state index contributed by atoms with van der Waals surface area (Å²) in [6.45, 7) is 0. The molecule has 0 saturated carbocycles. The number of aromatic nitrogens is 1. The molecule has 4 heteroatoms. The van der Waals surface area contributed by atoms with E-state index in [2.05, 4.69) is 4.98 Å². The molecule has 2 rings (SSSR count). The van der Waals surface area contributed by atoms with Gasteiger partial charge in [0.15, 0.2) is 0 Å². The van der Waals surface area contributed by atoms with Gasteiger partial charge in [-0.25, -0.2) is 0 Å². The Labute approximate surface area is 96.5 Å². The topological polar surface area (TPSA) is 12.9 Å². The van der Waals surface area contributed by atoms with Crippen molar-refractivity contribution < 1.29 is 8.78 Å². The third kappa shape index (κ3) is 2.79. The van der Waals surface area contributed by atoms with Crippen LogP contribution in [0.5, 0.6) is 0 Å². The average molecular weight is 237 g/mol. The third-order valence-electron chi connectivity index (χ3n) is 2.04. The van der Waals surface area contributed by atoms with Crippen LogP contribution in [-0.2, 0) is 0 Å². The van der Waals surface area contributed by atoms with Crippen LogP contribution in [0, 0.1) is 0 Å². The Bertz CT molecular complexity index is 442. The summed E-state index contributed by atoms with van der Waals surface area (Å²) in [5, 5.41) is 0. The van der Waals surface area contributed by atoms with E-state index in [0.717, 1.165) is 11.3 Å². The Kier molecular flexibility index (Phi) is 3.51. The molecule has 0 aliphatic rings. The summed E-state index contributed by atoms with van der Waals surface area (Å²) >= 11 is 0.549. The van der Waals surface area contributed by atoms with Crippen molar-refractivity contribution in [3.8, 4) is 11.3 Å². The second-order valence-corrected chi connectivity index (χ2v) is 4.18. The highest BCUT2D eigenvalue weighted by Crippen LogP contribution is 2.27. The Morgan fingerprint density at radius 2 is 1.75 bits per heavy atom. The molecule has 0 unspecified atom stereocenters. The zero-order valence-corrected chi connectivity index (χ0v) is 9.12. The molecule has 0 aliphatic heterocycles. The molecule has 16 heavy (non-hydrogen) atoms. The Balaban J connectivity index is 2.20. The minimum absolute atomic E-state index is 0.549. The Morgan fingerprint density at radius 1 is 1.00 bits per heavy atom. The van der Waals surface area contributed by atoms with Crippen LogP contribution in [0.1, 0.15) is 0 Å². The number of hydrogen-bond acceptors (Lipinski definition) is 2. The molecule has 0 N–H and O–H groups in total. The first-order valence-electron chi connectivity index (χ1n) is 4.72. The molecule has 1 aromatic heterocycles. The fourth-order valence-electron chi connectivity index (χ4n) is 1.34. The van der Waals surface area contributed by atoms with Crippen LogP contribution in [-0.4, -0.2) is 10.7 Å². The summed E-state index contributed by atoms with van der Waals surface area (Å²) < 4.78 is 24.2. The Morgan fingerprint density at radius 3 is 2.31 bits per heavy atom. The van der Waals surface area contributed by atoms with E-state index in [9.17, 15) is 8.78 Å². The maximum absolute atomic E-state index is 12.1. The van der Waals surface area contributed by atoms with E-state index >= 15 is 0 Å². The van der Waals surface area contributed by atoms with Gasteiger partial charge >= 0.3 is 0 Å².